The number of aliphatic hydroxyl groups is 1. The molecule has 0 aliphatic carbocycles. The number of rotatable bonds is 9. The van der Waals surface area contributed by atoms with Crippen LogP contribution in [0.15, 0.2) is 53.1 Å². The van der Waals surface area contributed by atoms with E-state index in [0.29, 0.717) is 47.8 Å². The highest BCUT2D eigenvalue weighted by Crippen LogP contribution is 2.25. The number of ether oxygens (including phenoxy) is 1. The molecule has 0 aliphatic rings. The molecule has 0 amide bonds. The Morgan fingerprint density at radius 3 is 2.54 bits per heavy atom. The van der Waals surface area contributed by atoms with Crippen LogP contribution in [0.2, 0.25) is 10.0 Å². The van der Waals surface area contributed by atoms with E-state index in [1.807, 2.05) is 36.4 Å². The second-order valence-electron chi connectivity index (χ2n) is 6.38. The molecule has 0 aliphatic heterocycles. The van der Waals surface area contributed by atoms with E-state index in [4.69, 9.17) is 32.4 Å². The lowest BCUT2D eigenvalue weighted by molar-refractivity contribution is 0.199. The molecule has 5 nitrogen and oxygen atoms in total. The van der Waals surface area contributed by atoms with E-state index < -0.39 is 0 Å². The molecule has 1 aromatic heterocycles. The molecule has 1 N–H and O–H groups in total. The number of methoxy groups -OCH3 is 1. The van der Waals surface area contributed by atoms with Crippen molar-refractivity contribution in [1.29, 1.82) is 0 Å². The van der Waals surface area contributed by atoms with E-state index in [0.717, 1.165) is 16.9 Å². The Bertz CT molecular complexity index is 897. The van der Waals surface area contributed by atoms with Gasteiger partial charge in [0.2, 0.25) is 5.89 Å². The van der Waals surface area contributed by atoms with Gasteiger partial charge in [-0.3, -0.25) is 4.90 Å². The van der Waals surface area contributed by atoms with Crippen molar-refractivity contribution in [1.82, 2.24) is 9.88 Å². The molecule has 0 fully saturated rings. The molecular formula is C21H22Cl2N2O3. The average Bonchev–Trinajstić information content (AvgIpc) is 3.17. The molecule has 3 rings (SSSR count). The zero-order valence-electron chi connectivity index (χ0n) is 15.6. The second kappa shape index (κ2) is 9.94. The molecule has 0 spiro atoms. The van der Waals surface area contributed by atoms with Crippen LogP contribution in [0.5, 0.6) is 5.75 Å². The summed E-state index contributed by atoms with van der Waals surface area (Å²) < 4.78 is 11.1. The van der Waals surface area contributed by atoms with Crippen LogP contribution >= 0.6 is 23.2 Å². The van der Waals surface area contributed by atoms with Crippen molar-refractivity contribution in [2.24, 2.45) is 0 Å². The summed E-state index contributed by atoms with van der Waals surface area (Å²) in [5, 5.41) is 10.3. The lowest BCUT2D eigenvalue weighted by atomic mass is 10.2. The molecule has 0 bridgehead atoms. The van der Waals surface area contributed by atoms with Gasteiger partial charge in [0.05, 0.1) is 29.9 Å². The van der Waals surface area contributed by atoms with Crippen LogP contribution in [0.1, 0.15) is 17.9 Å². The van der Waals surface area contributed by atoms with Crippen LogP contribution in [-0.4, -0.2) is 35.3 Å². The van der Waals surface area contributed by atoms with Crippen LogP contribution in [0.4, 0.5) is 0 Å². The number of oxazole rings is 1. The molecular weight excluding hydrogens is 399 g/mol. The number of hydrogen-bond acceptors (Lipinski definition) is 5. The summed E-state index contributed by atoms with van der Waals surface area (Å²) in [6.45, 7) is 2.01. The second-order valence-corrected chi connectivity index (χ2v) is 7.20. The van der Waals surface area contributed by atoms with Gasteiger partial charge in [-0.1, -0.05) is 29.3 Å². The van der Waals surface area contributed by atoms with Crippen molar-refractivity contribution in [3.8, 4) is 17.1 Å². The Morgan fingerprint density at radius 2 is 1.86 bits per heavy atom. The quantitative estimate of drug-likeness (QED) is 0.525. The molecule has 148 valence electrons. The fraction of sp³-hybridized carbons (Fsp3) is 0.286. The van der Waals surface area contributed by atoms with E-state index in [-0.39, 0.29) is 6.61 Å². The molecule has 3 aromatic rings. The van der Waals surface area contributed by atoms with E-state index in [2.05, 4.69) is 9.88 Å². The molecule has 0 saturated carbocycles. The van der Waals surface area contributed by atoms with E-state index in [1.54, 1.807) is 19.4 Å². The normalized spacial score (nSPS) is 11.2. The Morgan fingerprint density at radius 1 is 1.07 bits per heavy atom. The Kier molecular flexibility index (Phi) is 7.34. The SMILES string of the molecule is COc1ccc(-c2cnc(CN(CCCO)Cc3ccc(Cl)c(Cl)c3)o2)cc1. The Labute approximate surface area is 174 Å². The van der Waals surface area contributed by atoms with Gasteiger partial charge in [-0.25, -0.2) is 4.98 Å². The average molecular weight is 421 g/mol. The predicted molar refractivity (Wildman–Crippen MR) is 111 cm³/mol. The number of hydrogen-bond donors (Lipinski definition) is 1. The smallest absolute Gasteiger partial charge is 0.209 e. The maximum Gasteiger partial charge on any atom is 0.209 e. The van der Waals surface area contributed by atoms with Crippen LogP contribution in [-0.2, 0) is 13.1 Å². The third kappa shape index (κ3) is 5.49. The third-order valence-corrected chi connectivity index (χ3v) is 5.05. The number of nitrogens with zero attached hydrogens (tertiary/aromatic N) is 2. The van der Waals surface area contributed by atoms with Crippen molar-refractivity contribution >= 4 is 23.2 Å². The first kappa shape index (κ1) is 20.7. The molecule has 0 radical (unpaired) electrons. The van der Waals surface area contributed by atoms with E-state index in [1.165, 1.54) is 0 Å². The fourth-order valence-electron chi connectivity index (χ4n) is 2.87. The van der Waals surface area contributed by atoms with E-state index in [9.17, 15) is 5.11 Å². The Hall–Kier alpha value is -2.05. The van der Waals surface area contributed by atoms with Gasteiger partial charge in [-0.05, 0) is 48.4 Å². The molecule has 7 heteroatoms. The molecule has 0 unspecified atom stereocenters. The number of halogens is 2. The van der Waals surface area contributed by atoms with Crippen LogP contribution in [0.3, 0.4) is 0 Å². The molecule has 0 atom stereocenters. The van der Waals surface area contributed by atoms with Gasteiger partial charge in [-0.2, -0.15) is 0 Å². The van der Waals surface area contributed by atoms with Crippen molar-refractivity contribution in [3.63, 3.8) is 0 Å². The van der Waals surface area contributed by atoms with E-state index >= 15 is 0 Å². The summed E-state index contributed by atoms with van der Waals surface area (Å²) in [5.41, 5.74) is 1.97. The fourth-order valence-corrected chi connectivity index (χ4v) is 3.19. The van der Waals surface area contributed by atoms with Gasteiger partial charge in [-0.15, -0.1) is 0 Å². The predicted octanol–water partition coefficient (Wildman–Crippen LogP) is 5.04. The van der Waals surface area contributed by atoms with Gasteiger partial charge in [0, 0.05) is 25.3 Å². The summed E-state index contributed by atoms with van der Waals surface area (Å²) in [5.74, 6) is 2.11. The number of aliphatic hydroxyl groups excluding tert-OH is 1. The summed E-state index contributed by atoms with van der Waals surface area (Å²) in [4.78, 5) is 6.56. The Balaban J connectivity index is 1.71. The van der Waals surface area contributed by atoms with Crippen LogP contribution < -0.4 is 4.74 Å². The van der Waals surface area contributed by atoms with Crippen molar-refractivity contribution < 1.29 is 14.3 Å². The van der Waals surface area contributed by atoms with Gasteiger partial charge in [0.25, 0.3) is 0 Å². The molecule has 0 saturated heterocycles. The number of benzene rings is 2. The standard InChI is InChI=1S/C21H22Cl2N2O3/c1-27-17-6-4-16(5-7-17)20-12-24-21(28-20)14-25(9-2-10-26)13-15-3-8-18(22)19(23)11-15/h3-8,11-12,26H,2,9-10,13-14H2,1H3. The summed E-state index contributed by atoms with van der Waals surface area (Å²) in [7, 11) is 1.64. The summed E-state index contributed by atoms with van der Waals surface area (Å²) in [6, 6.07) is 13.2. The highest BCUT2D eigenvalue weighted by molar-refractivity contribution is 6.42. The van der Waals surface area contributed by atoms with Crippen molar-refractivity contribution in [2.75, 3.05) is 20.3 Å². The number of aromatic nitrogens is 1. The highest BCUT2D eigenvalue weighted by atomic mass is 35.5. The summed E-state index contributed by atoms with van der Waals surface area (Å²) in [6.07, 6.45) is 2.38. The topological polar surface area (TPSA) is 58.7 Å². The minimum Gasteiger partial charge on any atom is -0.497 e. The van der Waals surface area contributed by atoms with Gasteiger partial charge in [0.1, 0.15) is 5.75 Å². The van der Waals surface area contributed by atoms with Gasteiger partial charge >= 0.3 is 0 Å². The minimum atomic E-state index is 0.126. The summed E-state index contributed by atoms with van der Waals surface area (Å²) >= 11 is 12.1. The largest absolute Gasteiger partial charge is 0.497 e. The van der Waals surface area contributed by atoms with Crippen LogP contribution in [0, 0.1) is 0 Å². The van der Waals surface area contributed by atoms with Gasteiger partial charge < -0.3 is 14.3 Å². The monoisotopic (exact) mass is 420 g/mol. The zero-order chi connectivity index (χ0) is 19.9. The molecule has 2 aromatic carbocycles. The van der Waals surface area contributed by atoms with Crippen LogP contribution in [0.25, 0.3) is 11.3 Å². The van der Waals surface area contributed by atoms with Crippen molar-refractivity contribution in [2.45, 2.75) is 19.5 Å². The first-order valence-electron chi connectivity index (χ1n) is 8.95. The minimum absolute atomic E-state index is 0.126. The van der Waals surface area contributed by atoms with Crippen molar-refractivity contribution in [3.05, 3.63) is 70.2 Å². The first-order chi connectivity index (χ1) is 13.6. The lowest BCUT2D eigenvalue weighted by Gasteiger charge is -2.20. The zero-order valence-corrected chi connectivity index (χ0v) is 17.1. The maximum absolute atomic E-state index is 9.21. The lowest BCUT2D eigenvalue weighted by Crippen LogP contribution is -2.24. The molecule has 1 heterocycles. The third-order valence-electron chi connectivity index (χ3n) is 4.31. The highest BCUT2D eigenvalue weighted by Gasteiger charge is 2.13. The first-order valence-corrected chi connectivity index (χ1v) is 9.71. The molecule has 28 heavy (non-hydrogen) atoms. The van der Waals surface area contributed by atoms with Gasteiger partial charge in [0.15, 0.2) is 5.76 Å². The maximum atomic E-state index is 9.21.